The van der Waals surface area contributed by atoms with Crippen molar-refractivity contribution in [3.63, 3.8) is 0 Å². The molecule has 1 unspecified atom stereocenters. The summed E-state index contributed by atoms with van der Waals surface area (Å²) in [5.74, 6) is 0.960. The molecule has 0 fully saturated rings. The van der Waals surface area contributed by atoms with E-state index in [-0.39, 0.29) is 11.8 Å². The zero-order chi connectivity index (χ0) is 27.7. The van der Waals surface area contributed by atoms with E-state index in [1.165, 1.54) is 23.9 Å². The van der Waals surface area contributed by atoms with Crippen LogP contribution in [0, 0.1) is 12.7 Å². The Morgan fingerprint density at radius 1 is 0.825 bits per heavy atom. The van der Waals surface area contributed by atoms with Crippen molar-refractivity contribution in [2.24, 2.45) is 0 Å². The Bertz CT molecular complexity index is 1520. The fourth-order valence-corrected chi connectivity index (χ4v) is 5.22. The second-order valence-corrected chi connectivity index (χ2v) is 10.4. The fraction of sp³-hybridized carbons (Fsp3) is 0.156. The Labute approximate surface area is 237 Å². The molecule has 0 spiro atoms. The van der Waals surface area contributed by atoms with Gasteiger partial charge in [0.1, 0.15) is 5.82 Å². The zero-order valence-electron chi connectivity index (χ0n) is 22.1. The van der Waals surface area contributed by atoms with Gasteiger partial charge < -0.3 is 10.6 Å². The lowest BCUT2D eigenvalue weighted by atomic mass is 10.1. The van der Waals surface area contributed by atoms with E-state index in [0.29, 0.717) is 29.7 Å². The van der Waals surface area contributed by atoms with Gasteiger partial charge in [-0.25, -0.2) is 9.18 Å². The molecule has 4 aromatic carbocycles. The second-order valence-electron chi connectivity index (χ2n) is 9.48. The minimum absolute atomic E-state index is 0.265. The van der Waals surface area contributed by atoms with Crippen LogP contribution in [0.5, 0.6) is 0 Å². The van der Waals surface area contributed by atoms with Crippen molar-refractivity contribution >= 4 is 17.8 Å². The number of hydrogen-bond acceptors (Lipinski definition) is 4. The van der Waals surface area contributed by atoms with Gasteiger partial charge >= 0.3 is 6.03 Å². The van der Waals surface area contributed by atoms with E-state index in [9.17, 15) is 9.18 Å². The first-order valence-corrected chi connectivity index (χ1v) is 14.1. The zero-order valence-corrected chi connectivity index (χ0v) is 22.9. The summed E-state index contributed by atoms with van der Waals surface area (Å²) < 4.78 is 15.4. The van der Waals surface area contributed by atoms with E-state index in [0.717, 1.165) is 27.9 Å². The molecule has 5 rings (SSSR count). The number of urea groups is 1. The number of carbonyl (C=O) groups excluding carboxylic acids is 1. The number of amides is 2. The molecule has 1 heterocycles. The predicted molar refractivity (Wildman–Crippen MR) is 157 cm³/mol. The SMILES string of the molecule is Cc1ccc(-n2c(SCc3ccc(F)cc3)nnc2C(Cc2ccccc2)NC(=O)NCc2ccccc2)cc1. The maximum atomic E-state index is 13.4. The molecule has 8 heteroatoms. The van der Waals surface area contributed by atoms with Crippen LogP contribution >= 0.6 is 11.8 Å². The molecule has 1 atom stereocenters. The third-order valence-corrected chi connectivity index (χ3v) is 7.43. The number of thioether (sulfide) groups is 1. The van der Waals surface area contributed by atoms with Gasteiger partial charge in [0.15, 0.2) is 11.0 Å². The number of carbonyl (C=O) groups is 1. The lowest BCUT2D eigenvalue weighted by Gasteiger charge is -2.21. The molecule has 2 amide bonds. The highest BCUT2D eigenvalue weighted by molar-refractivity contribution is 7.98. The normalized spacial score (nSPS) is 11.7. The summed E-state index contributed by atoms with van der Waals surface area (Å²) in [6.07, 6.45) is 0.534. The van der Waals surface area contributed by atoms with Crippen LogP contribution in [0.2, 0.25) is 0 Å². The van der Waals surface area contributed by atoms with Crippen LogP contribution in [0.3, 0.4) is 0 Å². The highest BCUT2D eigenvalue weighted by Gasteiger charge is 2.25. The largest absolute Gasteiger partial charge is 0.334 e. The Balaban J connectivity index is 1.45. The van der Waals surface area contributed by atoms with Crippen LogP contribution < -0.4 is 10.6 Å². The molecular weight excluding hydrogens is 521 g/mol. The summed E-state index contributed by atoms with van der Waals surface area (Å²) >= 11 is 1.51. The van der Waals surface area contributed by atoms with Gasteiger partial charge in [-0.2, -0.15) is 0 Å². The first-order chi connectivity index (χ1) is 19.5. The van der Waals surface area contributed by atoms with Gasteiger partial charge in [0, 0.05) is 24.4 Å². The first kappa shape index (κ1) is 27.1. The van der Waals surface area contributed by atoms with Crippen LogP contribution in [0.4, 0.5) is 9.18 Å². The molecule has 0 saturated carbocycles. The molecule has 0 aliphatic carbocycles. The van der Waals surface area contributed by atoms with Crippen molar-refractivity contribution in [3.8, 4) is 5.69 Å². The van der Waals surface area contributed by atoms with Crippen molar-refractivity contribution in [1.29, 1.82) is 0 Å². The topological polar surface area (TPSA) is 71.8 Å². The molecular formula is C32H30FN5OS. The summed E-state index contributed by atoms with van der Waals surface area (Å²) in [4.78, 5) is 13.1. The van der Waals surface area contributed by atoms with Gasteiger partial charge in [0.2, 0.25) is 0 Å². The van der Waals surface area contributed by atoms with E-state index in [1.807, 2.05) is 96.4 Å². The Morgan fingerprint density at radius 3 is 2.15 bits per heavy atom. The van der Waals surface area contributed by atoms with E-state index in [2.05, 4.69) is 20.8 Å². The summed E-state index contributed by atoms with van der Waals surface area (Å²) in [6, 6.07) is 33.6. The smallest absolute Gasteiger partial charge is 0.315 e. The first-order valence-electron chi connectivity index (χ1n) is 13.1. The van der Waals surface area contributed by atoms with Crippen molar-refractivity contribution in [3.05, 3.63) is 143 Å². The van der Waals surface area contributed by atoms with Gasteiger partial charge in [0.05, 0.1) is 6.04 Å². The van der Waals surface area contributed by atoms with Gasteiger partial charge in [0.25, 0.3) is 0 Å². The number of aromatic nitrogens is 3. The standard InChI is InChI=1S/C32H30FN5OS/c1-23-12-18-28(19-13-23)38-30(36-37-32(38)40-22-26-14-16-27(33)17-15-26)29(20-24-8-4-2-5-9-24)35-31(39)34-21-25-10-6-3-7-11-25/h2-19,29H,20-22H2,1H3,(H2,34,35,39). The highest BCUT2D eigenvalue weighted by Crippen LogP contribution is 2.29. The average molecular weight is 552 g/mol. The minimum atomic E-state index is -0.452. The molecule has 40 heavy (non-hydrogen) atoms. The Hall–Kier alpha value is -4.43. The maximum Gasteiger partial charge on any atom is 0.315 e. The van der Waals surface area contributed by atoms with Gasteiger partial charge in [-0.05, 0) is 47.9 Å². The molecule has 2 N–H and O–H groups in total. The molecule has 0 aliphatic heterocycles. The predicted octanol–water partition coefficient (Wildman–Crippen LogP) is 6.79. The molecule has 1 aromatic heterocycles. The summed E-state index contributed by atoms with van der Waals surface area (Å²) in [5, 5.41) is 15.9. The van der Waals surface area contributed by atoms with Crippen LogP contribution in [0.25, 0.3) is 5.69 Å². The van der Waals surface area contributed by atoms with Crippen molar-refractivity contribution < 1.29 is 9.18 Å². The quantitative estimate of drug-likeness (QED) is 0.188. The Morgan fingerprint density at radius 2 is 1.48 bits per heavy atom. The van der Waals surface area contributed by atoms with E-state index in [1.54, 1.807) is 12.1 Å². The molecule has 0 radical (unpaired) electrons. The Kier molecular flexibility index (Phi) is 8.88. The van der Waals surface area contributed by atoms with Crippen LogP contribution in [-0.2, 0) is 18.7 Å². The van der Waals surface area contributed by atoms with E-state index in [4.69, 9.17) is 0 Å². The second kappa shape index (κ2) is 13.1. The average Bonchev–Trinajstić information content (AvgIpc) is 3.41. The fourth-order valence-electron chi connectivity index (χ4n) is 4.31. The molecule has 6 nitrogen and oxygen atoms in total. The maximum absolute atomic E-state index is 13.4. The van der Waals surface area contributed by atoms with Gasteiger partial charge in [-0.1, -0.05) is 102 Å². The van der Waals surface area contributed by atoms with Crippen LogP contribution in [0.15, 0.2) is 114 Å². The summed E-state index contributed by atoms with van der Waals surface area (Å²) in [6.45, 7) is 2.45. The molecule has 5 aromatic rings. The molecule has 202 valence electrons. The lowest BCUT2D eigenvalue weighted by molar-refractivity contribution is 0.236. The van der Waals surface area contributed by atoms with E-state index < -0.39 is 6.04 Å². The van der Waals surface area contributed by atoms with E-state index >= 15 is 0 Å². The molecule has 0 saturated heterocycles. The number of nitrogens with zero attached hydrogens (tertiary/aromatic N) is 3. The minimum Gasteiger partial charge on any atom is -0.334 e. The summed E-state index contributed by atoms with van der Waals surface area (Å²) in [7, 11) is 0. The van der Waals surface area contributed by atoms with Crippen molar-refractivity contribution in [2.75, 3.05) is 0 Å². The number of benzene rings is 4. The van der Waals surface area contributed by atoms with Crippen molar-refractivity contribution in [1.82, 2.24) is 25.4 Å². The third-order valence-electron chi connectivity index (χ3n) is 6.43. The number of aryl methyl sites for hydroxylation is 1. The number of nitrogens with one attached hydrogen (secondary N) is 2. The third kappa shape index (κ3) is 7.15. The monoisotopic (exact) mass is 551 g/mol. The number of rotatable bonds is 10. The van der Waals surface area contributed by atoms with Crippen LogP contribution in [0.1, 0.15) is 34.1 Å². The highest BCUT2D eigenvalue weighted by atomic mass is 32.2. The molecule has 0 aliphatic rings. The lowest BCUT2D eigenvalue weighted by Crippen LogP contribution is -2.39. The summed E-state index contributed by atoms with van der Waals surface area (Å²) in [5.41, 5.74) is 5.09. The van der Waals surface area contributed by atoms with Gasteiger partial charge in [-0.3, -0.25) is 4.57 Å². The van der Waals surface area contributed by atoms with Gasteiger partial charge in [-0.15, -0.1) is 10.2 Å². The number of hydrogen-bond donors (Lipinski definition) is 2. The molecule has 0 bridgehead atoms. The van der Waals surface area contributed by atoms with Crippen LogP contribution in [-0.4, -0.2) is 20.8 Å². The number of halogens is 1. The van der Waals surface area contributed by atoms with Crippen molar-refractivity contribution in [2.45, 2.75) is 36.8 Å².